The summed E-state index contributed by atoms with van der Waals surface area (Å²) in [6, 6.07) is 9.14. The Balaban J connectivity index is 1.66. The highest BCUT2D eigenvalue weighted by molar-refractivity contribution is 6.32. The molecule has 0 saturated carbocycles. The average Bonchev–Trinajstić information content (AvgIpc) is 3.27. The summed E-state index contributed by atoms with van der Waals surface area (Å²) in [6.45, 7) is 3.11. The van der Waals surface area contributed by atoms with Crippen molar-refractivity contribution in [3.05, 3.63) is 76.0 Å². The van der Waals surface area contributed by atoms with Crippen LogP contribution < -0.4 is 20.5 Å². The molecule has 11 heteroatoms. The fraction of sp³-hybridized carbons (Fsp3) is 0.208. The van der Waals surface area contributed by atoms with Crippen molar-refractivity contribution in [2.24, 2.45) is 0 Å². The predicted octanol–water partition coefficient (Wildman–Crippen LogP) is 3.47. The van der Waals surface area contributed by atoms with E-state index in [-0.39, 0.29) is 0 Å². The van der Waals surface area contributed by atoms with Gasteiger partial charge in [0, 0.05) is 37.0 Å². The third kappa shape index (κ3) is 4.24. The van der Waals surface area contributed by atoms with E-state index in [0.717, 1.165) is 43.4 Å². The van der Waals surface area contributed by atoms with Crippen molar-refractivity contribution in [3.63, 3.8) is 0 Å². The first-order valence-corrected chi connectivity index (χ1v) is 11.4. The van der Waals surface area contributed by atoms with Crippen LogP contribution in [0.4, 0.5) is 11.6 Å². The topological polar surface area (TPSA) is 131 Å². The van der Waals surface area contributed by atoms with E-state index in [1.165, 1.54) is 12.4 Å². The second kappa shape index (κ2) is 9.22. The first kappa shape index (κ1) is 22.6. The Labute approximate surface area is 205 Å². The molecule has 0 radical (unpaired) electrons. The number of methoxy groups -OCH3 is 1. The number of hydrogen-bond acceptors (Lipinski definition) is 8. The molecule has 0 atom stereocenters. The molecule has 5 rings (SSSR count). The minimum absolute atomic E-state index is 0.301. The zero-order valence-corrected chi connectivity index (χ0v) is 20.0. The Morgan fingerprint density at radius 1 is 1.14 bits per heavy atom. The molecule has 4 aromatic heterocycles. The van der Waals surface area contributed by atoms with Crippen LogP contribution in [0.3, 0.4) is 0 Å². The van der Waals surface area contributed by atoms with Crippen LogP contribution in [0.2, 0.25) is 5.02 Å². The van der Waals surface area contributed by atoms with E-state index < -0.39 is 0 Å². The van der Waals surface area contributed by atoms with Gasteiger partial charge in [0.2, 0.25) is 0 Å². The number of fused-ring (bicyclic) bond motifs is 3. The van der Waals surface area contributed by atoms with E-state index in [4.69, 9.17) is 27.1 Å². The molecule has 0 aliphatic carbocycles. The van der Waals surface area contributed by atoms with Gasteiger partial charge in [0.05, 0.1) is 34.8 Å². The number of ether oxygens (including phenoxy) is 1. The minimum Gasteiger partial charge on any atom is -0.619 e. The highest BCUT2D eigenvalue weighted by Gasteiger charge is 2.20. The number of benzene rings is 1. The van der Waals surface area contributed by atoms with Crippen LogP contribution >= 0.6 is 11.6 Å². The second-order valence-electron chi connectivity index (χ2n) is 8.01. The lowest BCUT2D eigenvalue weighted by atomic mass is 10.0. The standard InChI is InChI=1S/C24H23ClN8O2/c1-3-33-24-16(13-28-33)20-21(18(29-24)11-15-4-5-19(35-2)17(25)10-15)23(31-30-22(20)26)27-12-14-6-8-32(34)9-7-14/h4-10,13H,3,11-12H2,1-2H3,(H2,26,30)(H,27,31). The summed E-state index contributed by atoms with van der Waals surface area (Å²) < 4.78 is 7.86. The zero-order chi connectivity index (χ0) is 24.5. The van der Waals surface area contributed by atoms with Crippen LogP contribution in [0.25, 0.3) is 21.8 Å². The summed E-state index contributed by atoms with van der Waals surface area (Å²) in [4.78, 5) is 4.99. The maximum absolute atomic E-state index is 11.4. The third-order valence-electron chi connectivity index (χ3n) is 5.83. The predicted molar refractivity (Wildman–Crippen MR) is 134 cm³/mol. The highest BCUT2D eigenvalue weighted by Crippen LogP contribution is 2.35. The van der Waals surface area contributed by atoms with Gasteiger partial charge in [-0.05, 0) is 30.2 Å². The molecular formula is C24H23ClN8O2. The van der Waals surface area contributed by atoms with Gasteiger partial charge in [-0.2, -0.15) is 9.83 Å². The van der Waals surface area contributed by atoms with Gasteiger partial charge in [0.1, 0.15) is 5.75 Å². The summed E-state index contributed by atoms with van der Waals surface area (Å²) in [5.74, 6) is 1.45. The number of pyridine rings is 2. The van der Waals surface area contributed by atoms with Crippen LogP contribution in [-0.4, -0.2) is 32.1 Å². The van der Waals surface area contributed by atoms with E-state index in [9.17, 15) is 5.21 Å². The quantitative estimate of drug-likeness (QED) is 0.262. The van der Waals surface area contributed by atoms with Gasteiger partial charge in [-0.3, -0.25) is 0 Å². The van der Waals surface area contributed by atoms with Crippen molar-refractivity contribution in [1.82, 2.24) is 25.0 Å². The first-order chi connectivity index (χ1) is 17.0. The smallest absolute Gasteiger partial charge is 0.180 e. The van der Waals surface area contributed by atoms with Gasteiger partial charge in [0.25, 0.3) is 0 Å². The summed E-state index contributed by atoms with van der Waals surface area (Å²) in [7, 11) is 1.58. The fourth-order valence-electron chi connectivity index (χ4n) is 4.10. The number of halogens is 1. The van der Waals surface area contributed by atoms with E-state index >= 15 is 0 Å². The van der Waals surface area contributed by atoms with Crippen LogP contribution in [0.1, 0.15) is 23.7 Å². The van der Waals surface area contributed by atoms with Gasteiger partial charge in [0.15, 0.2) is 29.7 Å². The molecule has 3 N–H and O–H groups in total. The first-order valence-electron chi connectivity index (χ1n) is 11.0. The molecule has 0 aliphatic heterocycles. The molecule has 35 heavy (non-hydrogen) atoms. The summed E-state index contributed by atoms with van der Waals surface area (Å²) in [5.41, 5.74) is 9.71. The molecule has 5 aromatic rings. The third-order valence-corrected chi connectivity index (χ3v) is 6.12. The van der Waals surface area contributed by atoms with Crippen molar-refractivity contribution < 1.29 is 9.47 Å². The summed E-state index contributed by atoms with van der Waals surface area (Å²) in [6.07, 6.45) is 5.14. The van der Waals surface area contributed by atoms with Crippen molar-refractivity contribution in [1.29, 1.82) is 0 Å². The monoisotopic (exact) mass is 490 g/mol. The molecule has 0 saturated heterocycles. The highest BCUT2D eigenvalue weighted by atomic mass is 35.5. The molecule has 0 fully saturated rings. The van der Waals surface area contributed by atoms with Crippen molar-refractivity contribution >= 4 is 45.0 Å². The number of aromatic nitrogens is 6. The maximum Gasteiger partial charge on any atom is 0.180 e. The van der Waals surface area contributed by atoms with E-state index in [1.54, 1.807) is 25.4 Å². The van der Waals surface area contributed by atoms with Crippen LogP contribution in [0, 0.1) is 5.21 Å². The Kier molecular flexibility index (Phi) is 5.96. The molecule has 0 aliphatic rings. The molecule has 0 spiro atoms. The summed E-state index contributed by atoms with van der Waals surface area (Å²) in [5, 5.41) is 30.6. The zero-order valence-electron chi connectivity index (χ0n) is 19.2. The Bertz CT molecular complexity index is 1540. The fourth-order valence-corrected chi connectivity index (χ4v) is 4.38. The van der Waals surface area contributed by atoms with E-state index in [2.05, 4.69) is 20.6 Å². The van der Waals surface area contributed by atoms with Gasteiger partial charge < -0.3 is 21.0 Å². The number of rotatable bonds is 7. The number of nitrogens with one attached hydrogen (secondary N) is 1. The molecule has 1 aromatic carbocycles. The molecule has 178 valence electrons. The largest absolute Gasteiger partial charge is 0.619 e. The van der Waals surface area contributed by atoms with E-state index in [0.29, 0.717) is 41.9 Å². The van der Waals surface area contributed by atoms with Crippen LogP contribution in [-0.2, 0) is 19.5 Å². The van der Waals surface area contributed by atoms with Gasteiger partial charge >= 0.3 is 0 Å². The number of anilines is 2. The van der Waals surface area contributed by atoms with Crippen LogP contribution in [0.5, 0.6) is 5.75 Å². The molecule has 0 amide bonds. The Morgan fingerprint density at radius 2 is 1.94 bits per heavy atom. The summed E-state index contributed by atoms with van der Waals surface area (Å²) >= 11 is 6.39. The second-order valence-corrected chi connectivity index (χ2v) is 8.41. The van der Waals surface area contributed by atoms with Gasteiger partial charge in [-0.15, -0.1) is 10.2 Å². The number of hydrogen-bond donors (Lipinski definition) is 2. The normalized spacial score (nSPS) is 11.3. The Hall–Kier alpha value is -4.18. The molecular weight excluding hydrogens is 468 g/mol. The SMILES string of the molecule is CCn1ncc2c3c(N)nnc(NCc4cc[n+]([O-])cc4)c3c(Cc3ccc(OC)c(Cl)c3)nc21. The minimum atomic E-state index is 0.301. The van der Waals surface area contributed by atoms with Crippen LogP contribution in [0.15, 0.2) is 48.9 Å². The van der Waals surface area contributed by atoms with Gasteiger partial charge in [-0.1, -0.05) is 17.7 Å². The van der Waals surface area contributed by atoms with E-state index in [1.807, 2.05) is 29.8 Å². The lowest BCUT2D eigenvalue weighted by molar-refractivity contribution is -0.605. The average molecular weight is 491 g/mol. The van der Waals surface area contributed by atoms with Crippen molar-refractivity contribution in [3.8, 4) is 5.75 Å². The molecule has 0 bridgehead atoms. The number of nitrogen functional groups attached to an aromatic ring is 1. The molecule has 10 nitrogen and oxygen atoms in total. The Morgan fingerprint density at radius 3 is 2.66 bits per heavy atom. The van der Waals surface area contributed by atoms with Crippen molar-refractivity contribution in [2.75, 3.05) is 18.2 Å². The molecule has 0 unspecified atom stereocenters. The number of nitrogens with zero attached hydrogens (tertiary/aromatic N) is 6. The number of aryl methyl sites for hydroxylation is 1. The van der Waals surface area contributed by atoms with Gasteiger partial charge in [-0.25, -0.2) is 9.67 Å². The maximum atomic E-state index is 11.4. The lowest BCUT2D eigenvalue weighted by Gasteiger charge is -2.14. The van der Waals surface area contributed by atoms with Crippen molar-refractivity contribution in [2.45, 2.75) is 26.4 Å². The number of nitrogens with two attached hydrogens (primary N) is 1. The lowest BCUT2D eigenvalue weighted by Crippen LogP contribution is -2.24. The molecule has 4 heterocycles.